The smallest absolute Gasteiger partial charge is 0.191 e. The maximum atomic E-state index is 14.2. The van der Waals surface area contributed by atoms with E-state index >= 15 is 0 Å². The SMILES string of the molecule is Cc1ncc(-c2ccc(-c3ccc(N(C)[C@H]4CCCC[C@H]4F)nn3)c(O)c2)o1. The summed E-state index contributed by atoms with van der Waals surface area (Å²) in [5.41, 5.74) is 1.86. The molecular weight excluding hydrogens is 359 g/mol. The number of aromatic hydroxyl groups is 1. The van der Waals surface area contributed by atoms with Crippen molar-refractivity contribution in [2.24, 2.45) is 0 Å². The fraction of sp³-hybridized carbons (Fsp3) is 0.381. The van der Waals surface area contributed by atoms with Crippen molar-refractivity contribution in [2.75, 3.05) is 11.9 Å². The molecule has 0 aliphatic heterocycles. The zero-order valence-corrected chi connectivity index (χ0v) is 16.0. The minimum absolute atomic E-state index is 0.0815. The third kappa shape index (κ3) is 3.56. The van der Waals surface area contributed by atoms with Crippen molar-refractivity contribution in [1.29, 1.82) is 0 Å². The highest BCUT2D eigenvalue weighted by molar-refractivity contribution is 5.72. The normalized spacial score (nSPS) is 19.5. The standard InChI is InChI=1S/C21H23FN4O2/c1-13-23-12-20(28-13)14-7-8-15(19(27)11-14)17-9-10-21(25-24-17)26(2)18-6-4-3-5-16(18)22/h7-12,16,18,27H,3-6H2,1-2H3/t16-,18+/m1/s1. The Morgan fingerprint density at radius 2 is 1.96 bits per heavy atom. The van der Waals surface area contributed by atoms with Gasteiger partial charge in [-0.15, -0.1) is 10.2 Å². The van der Waals surface area contributed by atoms with Crippen molar-refractivity contribution in [3.05, 3.63) is 42.4 Å². The second-order valence-electron chi connectivity index (χ2n) is 7.23. The molecule has 146 valence electrons. The monoisotopic (exact) mass is 382 g/mol. The van der Waals surface area contributed by atoms with E-state index in [4.69, 9.17) is 4.42 Å². The van der Waals surface area contributed by atoms with Crippen LogP contribution in [0.1, 0.15) is 31.6 Å². The molecule has 7 heteroatoms. The Morgan fingerprint density at radius 1 is 1.14 bits per heavy atom. The Morgan fingerprint density at radius 3 is 2.61 bits per heavy atom. The van der Waals surface area contributed by atoms with Crippen LogP contribution in [0.4, 0.5) is 10.2 Å². The molecule has 1 aliphatic carbocycles. The maximum Gasteiger partial charge on any atom is 0.191 e. The molecule has 28 heavy (non-hydrogen) atoms. The first-order valence-electron chi connectivity index (χ1n) is 9.50. The van der Waals surface area contributed by atoms with Gasteiger partial charge in [-0.3, -0.25) is 0 Å². The molecule has 2 atom stereocenters. The molecular formula is C21H23FN4O2. The van der Waals surface area contributed by atoms with Gasteiger partial charge in [-0.25, -0.2) is 9.37 Å². The zero-order chi connectivity index (χ0) is 19.7. The topological polar surface area (TPSA) is 75.3 Å². The summed E-state index contributed by atoms with van der Waals surface area (Å²) in [5.74, 6) is 1.87. The van der Waals surface area contributed by atoms with Gasteiger partial charge in [-0.05, 0) is 37.1 Å². The fourth-order valence-corrected chi connectivity index (χ4v) is 3.73. The van der Waals surface area contributed by atoms with E-state index < -0.39 is 6.17 Å². The summed E-state index contributed by atoms with van der Waals surface area (Å²) < 4.78 is 19.7. The van der Waals surface area contributed by atoms with Crippen molar-refractivity contribution in [2.45, 2.75) is 44.8 Å². The lowest BCUT2D eigenvalue weighted by Crippen LogP contribution is -2.41. The van der Waals surface area contributed by atoms with Gasteiger partial charge < -0.3 is 14.4 Å². The van der Waals surface area contributed by atoms with Crippen LogP contribution in [0.5, 0.6) is 5.75 Å². The van der Waals surface area contributed by atoms with Gasteiger partial charge in [-0.1, -0.05) is 18.9 Å². The molecule has 1 saturated carbocycles. The van der Waals surface area contributed by atoms with Crippen molar-refractivity contribution in [1.82, 2.24) is 15.2 Å². The van der Waals surface area contributed by atoms with Crippen LogP contribution in [-0.2, 0) is 0 Å². The van der Waals surface area contributed by atoms with E-state index in [9.17, 15) is 9.50 Å². The van der Waals surface area contributed by atoms with Crippen LogP contribution in [0.25, 0.3) is 22.6 Å². The van der Waals surface area contributed by atoms with Gasteiger partial charge in [0.05, 0.1) is 17.9 Å². The minimum atomic E-state index is -0.837. The van der Waals surface area contributed by atoms with Crippen LogP contribution in [-0.4, -0.2) is 39.5 Å². The van der Waals surface area contributed by atoms with E-state index in [0.29, 0.717) is 35.1 Å². The van der Waals surface area contributed by atoms with E-state index in [2.05, 4.69) is 15.2 Å². The van der Waals surface area contributed by atoms with Crippen LogP contribution < -0.4 is 4.90 Å². The average molecular weight is 382 g/mol. The molecule has 0 unspecified atom stereocenters. The summed E-state index contributed by atoms with van der Waals surface area (Å²) >= 11 is 0. The molecule has 0 spiro atoms. The van der Waals surface area contributed by atoms with Gasteiger partial charge >= 0.3 is 0 Å². The summed E-state index contributed by atoms with van der Waals surface area (Å²) in [6.45, 7) is 1.77. The lowest BCUT2D eigenvalue weighted by atomic mass is 9.92. The van der Waals surface area contributed by atoms with Crippen LogP contribution in [0.3, 0.4) is 0 Å². The van der Waals surface area contributed by atoms with Crippen LogP contribution in [0.15, 0.2) is 40.9 Å². The number of anilines is 1. The highest BCUT2D eigenvalue weighted by Crippen LogP contribution is 2.33. The van der Waals surface area contributed by atoms with Crippen LogP contribution in [0, 0.1) is 6.92 Å². The van der Waals surface area contributed by atoms with E-state index in [0.717, 1.165) is 24.8 Å². The van der Waals surface area contributed by atoms with Crippen molar-refractivity contribution >= 4 is 5.82 Å². The van der Waals surface area contributed by atoms with Crippen molar-refractivity contribution in [3.8, 4) is 28.3 Å². The first-order chi connectivity index (χ1) is 13.5. The molecule has 0 amide bonds. The summed E-state index contributed by atoms with van der Waals surface area (Å²) in [7, 11) is 1.86. The van der Waals surface area contributed by atoms with E-state index in [1.54, 1.807) is 31.3 Å². The van der Waals surface area contributed by atoms with Gasteiger partial charge in [0, 0.05) is 25.1 Å². The number of aromatic nitrogens is 3. The zero-order valence-electron chi connectivity index (χ0n) is 16.0. The number of alkyl halides is 1. The minimum Gasteiger partial charge on any atom is -0.507 e. The van der Waals surface area contributed by atoms with E-state index in [-0.39, 0.29) is 11.8 Å². The number of hydrogen-bond acceptors (Lipinski definition) is 6. The number of oxazole rings is 1. The van der Waals surface area contributed by atoms with E-state index in [1.807, 2.05) is 24.1 Å². The first-order valence-corrected chi connectivity index (χ1v) is 9.50. The lowest BCUT2D eigenvalue weighted by Gasteiger charge is -2.34. The highest BCUT2D eigenvalue weighted by atomic mass is 19.1. The number of benzene rings is 1. The largest absolute Gasteiger partial charge is 0.507 e. The summed E-state index contributed by atoms with van der Waals surface area (Å²) in [6, 6.07) is 8.68. The summed E-state index contributed by atoms with van der Waals surface area (Å²) in [6.07, 6.45) is 4.19. The number of phenols is 1. The van der Waals surface area contributed by atoms with E-state index in [1.165, 1.54) is 0 Å². The Hall–Kier alpha value is -2.96. The molecule has 6 nitrogen and oxygen atoms in total. The Bertz CT molecular complexity index is 957. The van der Waals surface area contributed by atoms with Gasteiger partial charge in [0.25, 0.3) is 0 Å². The number of halogens is 1. The predicted octanol–water partition coefficient (Wildman–Crippen LogP) is 4.53. The van der Waals surface area contributed by atoms with Crippen LogP contribution >= 0.6 is 0 Å². The number of rotatable bonds is 4. The quantitative estimate of drug-likeness (QED) is 0.714. The van der Waals surface area contributed by atoms with Crippen molar-refractivity contribution < 1.29 is 13.9 Å². The van der Waals surface area contributed by atoms with Gasteiger partial charge in [0.15, 0.2) is 17.5 Å². The molecule has 1 aliphatic rings. The number of phenolic OH excluding ortho intramolecular Hbond substituents is 1. The number of hydrogen-bond donors (Lipinski definition) is 1. The molecule has 0 radical (unpaired) electrons. The Labute approximate surface area is 163 Å². The third-order valence-corrected chi connectivity index (χ3v) is 5.34. The van der Waals surface area contributed by atoms with Gasteiger partial charge in [0.2, 0.25) is 0 Å². The van der Waals surface area contributed by atoms with Crippen molar-refractivity contribution in [3.63, 3.8) is 0 Å². The predicted molar refractivity (Wildman–Crippen MR) is 105 cm³/mol. The molecule has 1 aromatic carbocycles. The number of aryl methyl sites for hydroxylation is 1. The molecule has 4 rings (SSSR count). The third-order valence-electron chi connectivity index (χ3n) is 5.34. The molecule has 0 bridgehead atoms. The molecule has 2 heterocycles. The Kier molecular flexibility index (Phi) is 4.98. The summed E-state index contributed by atoms with van der Waals surface area (Å²) in [4.78, 5) is 5.94. The molecule has 1 N–H and O–H groups in total. The van der Waals surface area contributed by atoms with Crippen LogP contribution in [0.2, 0.25) is 0 Å². The molecule has 1 fully saturated rings. The molecule has 0 saturated heterocycles. The number of nitrogens with zero attached hydrogens (tertiary/aromatic N) is 4. The first kappa shape index (κ1) is 18.4. The van der Waals surface area contributed by atoms with Gasteiger partial charge in [0.1, 0.15) is 11.9 Å². The highest BCUT2D eigenvalue weighted by Gasteiger charge is 2.29. The second-order valence-corrected chi connectivity index (χ2v) is 7.23. The molecule has 2 aromatic heterocycles. The summed E-state index contributed by atoms with van der Waals surface area (Å²) in [5, 5.41) is 18.9. The molecule has 3 aromatic rings. The second kappa shape index (κ2) is 7.58. The lowest BCUT2D eigenvalue weighted by molar-refractivity contribution is 0.213. The average Bonchev–Trinajstić information content (AvgIpc) is 3.14. The maximum absolute atomic E-state index is 14.2. The Balaban J connectivity index is 1.55. The van der Waals surface area contributed by atoms with Gasteiger partial charge in [-0.2, -0.15) is 0 Å². The fourth-order valence-electron chi connectivity index (χ4n) is 3.73.